The van der Waals surface area contributed by atoms with Crippen LogP contribution in [-0.4, -0.2) is 19.9 Å². The van der Waals surface area contributed by atoms with Crippen LogP contribution in [-0.2, 0) is 0 Å². The quantitative estimate of drug-likeness (QED) is 0.113. The van der Waals surface area contributed by atoms with E-state index in [1.165, 1.54) is 32.7 Å². The molecule has 0 N–H and O–H groups in total. The lowest BCUT2D eigenvalue weighted by atomic mass is 9.95. The first kappa shape index (κ1) is 38.8. The Balaban J connectivity index is 0.857. The van der Waals surface area contributed by atoms with Gasteiger partial charge in [0.2, 0.25) is 0 Å². The van der Waals surface area contributed by atoms with Crippen molar-refractivity contribution in [3.05, 3.63) is 243 Å². The van der Waals surface area contributed by atoms with Crippen LogP contribution in [0.15, 0.2) is 243 Å². The molecule has 66 heavy (non-hydrogen) atoms. The van der Waals surface area contributed by atoms with Gasteiger partial charge in [-0.3, -0.25) is 0 Å². The Kier molecular flexibility index (Phi) is 9.81. The molecular formula is C62H40N4. The molecule has 4 heteroatoms. The van der Waals surface area contributed by atoms with Gasteiger partial charge in [-0.05, 0) is 84.9 Å². The molecule has 0 saturated heterocycles. The first-order valence-electron chi connectivity index (χ1n) is 22.3. The zero-order chi connectivity index (χ0) is 43.8. The topological polar surface area (TPSA) is 51.6 Å². The van der Waals surface area contributed by atoms with Gasteiger partial charge in [0.1, 0.15) is 0 Å². The minimum Gasteiger partial charge on any atom is -0.247 e. The number of nitrogens with zero attached hydrogens (tertiary/aromatic N) is 4. The predicted molar refractivity (Wildman–Crippen MR) is 274 cm³/mol. The van der Waals surface area contributed by atoms with E-state index in [0.29, 0.717) is 17.5 Å². The van der Waals surface area contributed by atoms with Crippen LogP contribution in [0, 0.1) is 0 Å². The summed E-state index contributed by atoms with van der Waals surface area (Å²) in [4.78, 5) is 20.4. The molecule has 0 unspecified atom stereocenters. The predicted octanol–water partition coefficient (Wildman–Crippen LogP) is 16.1. The lowest BCUT2D eigenvalue weighted by molar-refractivity contribution is 1.07. The second kappa shape index (κ2) is 16.7. The molecule has 2 heterocycles. The van der Waals surface area contributed by atoms with Crippen molar-refractivity contribution in [1.29, 1.82) is 0 Å². The van der Waals surface area contributed by atoms with Crippen molar-refractivity contribution in [3.8, 4) is 89.9 Å². The van der Waals surface area contributed by atoms with E-state index in [-0.39, 0.29) is 0 Å². The Morgan fingerprint density at radius 2 is 0.545 bits per heavy atom. The third kappa shape index (κ3) is 7.47. The van der Waals surface area contributed by atoms with Crippen molar-refractivity contribution < 1.29 is 0 Å². The van der Waals surface area contributed by atoms with Crippen LogP contribution in [0.2, 0.25) is 0 Å². The Morgan fingerprint density at radius 3 is 1.03 bits per heavy atom. The molecule has 0 spiro atoms. The summed E-state index contributed by atoms with van der Waals surface area (Å²) in [6.07, 6.45) is 0. The highest BCUT2D eigenvalue weighted by atomic mass is 15.0. The van der Waals surface area contributed by atoms with Crippen LogP contribution >= 0.6 is 0 Å². The fraction of sp³-hybridized carbons (Fsp3) is 0. The summed E-state index contributed by atoms with van der Waals surface area (Å²) in [6, 6.07) is 85.4. The standard InChI is InChI=1S/C62H40N4/c1-3-12-41(13-4-1)43-24-32-48(33-25-43)60-64-61(49-34-26-44(27-35-49)42-14-5-2-6-15-42)66-62(65-60)50-36-28-46(29-37-50)52-19-11-18-51(38-52)45-22-30-47(31-23-45)59-57-40-54-17-8-7-16-53(54)39-56(57)55-20-9-10-21-58(55)63-59/h1-40H. The average Bonchev–Trinajstić information content (AvgIpc) is 3.41. The molecule has 0 aliphatic heterocycles. The SMILES string of the molecule is c1ccc(-c2ccc(-c3nc(-c4ccc(-c5ccccc5)cc4)nc(-c4ccc(-c5cccc(-c6ccc(-c7nc8ccccc8c8cc9ccccc9cc78)cc6)c5)cc4)n3)cc2)cc1. The highest BCUT2D eigenvalue weighted by Gasteiger charge is 2.15. The summed E-state index contributed by atoms with van der Waals surface area (Å²) >= 11 is 0. The van der Waals surface area contributed by atoms with Crippen molar-refractivity contribution in [2.75, 3.05) is 0 Å². The van der Waals surface area contributed by atoms with E-state index in [4.69, 9.17) is 19.9 Å². The van der Waals surface area contributed by atoms with Gasteiger partial charge in [-0.15, -0.1) is 0 Å². The fourth-order valence-electron chi connectivity index (χ4n) is 9.02. The molecule has 0 aliphatic carbocycles. The molecule has 0 amide bonds. The largest absolute Gasteiger partial charge is 0.247 e. The number of para-hydroxylation sites is 1. The van der Waals surface area contributed by atoms with E-state index in [0.717, 1.165) is 72.2 Å². The third-order valence-electron chi connectivity index (χ3n) is 12.5. The second-order valence-electron chi connectivity index (χ2n) is 16.7. The molecule has 10 aromatic carbocycles. The first-order valence-corrected chi connectivity index (χ1v) is 22.3. The Bertz CT molecular complexity index is 3600. The van der Waals surface area contributed by atoms with Crippen molar-refractivity contribution in [2.45, 2.75) is 0 Å². The molecule has 4 nitrogen and oxygen atoms in total. The summed E-state index contributed by atoms with van der Waals surface area (Å²) in [5, 5.41) is 5.98. The van der Waals surface area contributed by atoms with Gasteiger partial charge >= 0.3 is 0 Å². The average molecular weight is 841 g/mol. The highest BCUT2D eigenvalue weighted by Crippen LogP contribution is 2.37. The summed E-state index contributed by atoms with van der Waals surface area (Å²) in [5.41, 5.74) is 15.0. The monoisotopic (exact) mass is 840 g/mol. The van der Waals surface area contributed by atoms with E-state index in [2.05, 4.69) is 231 Å². The molecule has 2 aromatic heterocycles. The normalized spacial score (nSPS) is 11.3. The fourth-order valence-corrected chi connectivity index (χ4v) is 9.02. The van der Waals surface area contributed by atoms with Crippen molar-refractivity contribution >= 4 is 32.4 Å². The minimum absolute atomic E-state index is 0.622. The van der Waals surface area contributed by atoms with Gasteiger partial charge < -0.3 is 0 Å². The van der Waals surface area contributed by atoms with Gasteiger partial charge in [-0.2, -0.15) is 0 Å². The van der Waals surface area contributed by atoms with Gasteiger partial charge in [0.25, 0.3) is 0 Å². The van der Waals surface area contributed by atoms with Crippen molar-refractivity contribution in [3.63, 3.8) is 0 Å². The number of hydrogen-bond donors (Lipinski definition) is 0. The summed E-state index contributed by atoms with van der Waals surface area (Å²) in [5.74, 6) is 1.88. The smallest absolute Gasteiger partial charge is 0.164 e. The maximum atomic E-state index is 5.22. The van der Waals surface area contributed by atoms with E-state index in [9.17, 15) is 0 Å². The molecule has 12 rings (SSSR count). The number of benzene rings is 10. The van der Waals surface area contributed by atoms with Gasteiger partial charge in [0, 0.05) is 33.0 Å². The number of rotatable bonds is 8. The van der Waals surface area contributed by atoms with Crippen LogP contribution in [0.5, 0.6) is 0 Å². The van der Waals surface area contributed by atoms with Crippen LogP contribution in [0.3, 0.4) is 0 Å². The summed E-state index contributed by atoms with van der Waals surface area (Å²) < 4.78 is 0. The lowest BCUT2D eigenvalue weighted by Gasteiger charge is -2.12. The van der Waals surface area contributed by atoms with E-state index < -0.39 is 0 Å². The van der Waals surface area contributed by atoms with Gasteiger partial charge in [-0.1, -0.05) is 218 Å². The van der Waals surface area contributed by atoms with Crippen LogP contribution in [0.4, 0.5) is 0 Å². The minimum atomic E-state index is 0.622. The number of fused-ring (bicyclic) bond motifs is 4. The van der Waals surface area contributed by atoms with Crippen LogP contribution in [0.1, 0.15) is 0 Å². The maximum absolute atomic E-state index is 5.22. The van der Waals surface area contributed by atoms with Crippen molar-refractivity contribution in [2.24, 2.45) is 0 Å². The van der Waals surface area contributed by atoms with Crippen LogP contribution < -0.4 is 0 Å². The van der Waals surface area contributed by atoms with Gasteiger partial charge in [0.05, 0.1) is 11.2 Å². The Labute approximate surface area is 383 Å². The van der Waals surface area contributed by atoms with E-state index in [1.54, 1.807) is 0 Å². The van der Waals surface area contributed by atoms with Gasteiger partial charge in [0.15, 0.2) is 17.5 Å². The van der Waals surface area contributed by atoms with E-state index in [1.807, 2.05) is 12.1 Å². The lowest BCUT2D eigenvalue weighted by Crippen LogP contribution is -2.00. The number of hydrogen-bond acceptors (Lipinski definition) is 4. The molecule has 12 aromatic rings. The zero-order valence-corrected chi connectivity index (χ0v) is 35.9. The third-order valence-corrected chi connectivity index (χ3v) is 12.5. The molecule has 0 atom stereocenters. The second-order valence-corrected chi connectivity index (χ2v) is 16.7. The molecule has 0 fully saturated rings. The highest BCUT2D eigenvalue weighted by molar-refractivity contribution is 6.15. The number of pyridine rings is 1. The molecule has 308 valence electrons. The Hall–Kier alpha value is -8.86. The molecule has 0 bridgehead atoms. The maximum Gasteiger partial charge on any atom is 0.164 e. The Morgan fingerprint density at radius 1 is 0.197 bits per heavy atom. The van der Waals surface area contributed by atoms with Gasteiger partial charge in [-0.25, -0.2) is 19.9 Å². The molecular weight excluding hydrogens is 801 g/mol. The summed E-state index contributed by atoms with van der Waals surface area (Å²) in [7, 11) is 0. The van der Waals surface area contributed by atoms with E-state index >= 15 is 0 Å². The molecule has 0 saturated carbocycles. The molecule has 0 aliphatic rings. The first-order chi connectivity index (χ1) is 32.7. The number of aromatic nitrogens is 4. The van der Waals surface area contributed by atoms with Crippen molar-refractivity contribution in [1.82, 2.24) is 19.9 Å². The molecule has 0 radical (unpaired) electrons. The van der Waals surface area contributed by atoms with Crippen LogP contribution in [0.25, 0.3) is 122 Å². The summed E-state index contributed by atoms with van der Waals surface area (Å²) in [6.45, 7) is 0. The zero-order valence-electron chi connectivity index (χ0n) is 35.9.